The van der Waals surface area contributed by atoms with Gasteiger partial charge in [-0.2, -0.15) is 5.10 Å². The van der Waals surface area contributed by atoms with E-state index in [0.29, 0.717) is 23.8 Å². The van der Waals surface area contributed by atoms with E-state index >= 15 is 0 Å². The monoisotopic (exact) mass is 309 g/mol. The van der Waals surface area contributed by atoms with Crippen molar-refractivity contribution < 1.29 is 4.79 Å². The van der Waals surface area contributed by atoms with Crippen molar-refractivity contribution >= 4 is 28.9 Å². The molecule has 21 heavy (non-hydrogen) atoms. The number of amides is 1. The fraction of sp³-hybridized carbons (Fsp3) is 0.571. The van der Waals surface area contributed by atoms with Crippen LogP contribution < -0.4 is 11.1 Å². The van der Waals surface area contributed by atoms with Crippen LogP contribution >= 0.6 is 12.2 Å². The molecule has 116 valence electrons. The molecule has 0 bridgehead atoms. The molecule has 0 fully saturated rings. The van der Waals surface area contributed by atoms with Crippen LogP contribution in [-0.4, -0.2) is 46.6 Å². The number of nitrogens with one attached hydrogen (secondary N) is 1. The Labute approximate surface area is 131 Å². The van der Waals surface area contributed by atoms with Crippen LogP contribution in [0.3, 0.4) is 0 Å². The van der Waals surface area contributed by atoms with Crippen molar-refractivity contribution in [3.05, 3.63) is 16.8 Å². The van der Waals surface area contributed by atoms with E-state index in [1.165, 1.54) is 0 Å². The van der Waals surface area contributed by atoms with Crippen molar-refractivity contribution in [2.75, 3.05) is 26.0 Å². The van der Waals surface area contributed by atoms with Gasteiger partial charge in [0.15, 0.2) is 5.82 Å². The zero-order valence-corrected chi connectivity index (χ0v) is 13.9. The third-order valence-corrected chi connectivity index (χ3v) is 3.43. The molecular formula is C14H23N5OS. The number of nitrogens with two attached hydrogens (primary N) is 1. The summed E-state index contributed by atoms with van der Waals surface area (Å²) in [4.78, 5) is 13.4. The minimum absolute atomic E-state index is 0.0493. The number of carbonyl (C=O) groups excluding carboxylic acids is 1. The summed E-state index contributed by atoms with van der Waals surface area (Å²) >= 11 is 5.15. The van der Waals surface area contributed by atoms with E-state index in [4.69, 9.17) is 18.0 Å². The van der Waals surface area contributed by atoms with Crippen molar-refractivity contribution in [1.82, 2.24) is 15.1 Å². The van der Waals surface area contributed by atoms with E-state index < -0.39 is 0 Å². The maximum absolute atomic E-state index is 11.6. The Bertz CT molecular complexity index is 530. The predicted molar refractivity (Wildman–Crippen MR) is 88.5 cm³/mol. The van der Waals surface area contributed by atoms with E-state index in [-0.39, 0.29) is 5.91 Å². The SMILES string of the molecule is CCc1nnc(NCCC(=O)N(C)C)c(C(N)=S)c1CC. The lowest BCUT2D eigenvalue weighted by atomic mass is 10.0. The third kappa shape index (κ3) is 4.35. The van der Waals surface area contributed by atoms with Crippen molar-refractivity contribution in [2.24, 2.45) is 5.73 Å². The van der Waals surface area contributed by atoms with Gasteiger partial charge in [0.1, 0.15) is 4.99 Å². The summed E-state index contributed by atoms with van der Waals surface area (Å²) in [5, 5.41) is 11.5. The molecule has 0 aliphatic heterocycles. The first-order valence-corrected chi connectivity index (χ1v) is 7.45. The second-order valence-electron chi connectivity index (χ2n) is 4.89. The highest BCUT2D eigenvalue weighted by molar-refractivity contribution is 7.80. The molecule has 0 saturated heterocycles. The zero-order valence-electron chi connectivity index (χ0n) is 13.1. The molecule has 6 nitrogen and oxygen atoms in total. The van der Waals surface area contributed by atoms with Gasteiger partial charge in [0.25, 0.3) is 0 Å². The Kier molecular flexibility index (Phi) is 6.48. The van der Waals surface area contributed by atoms with Crippen molar-refractivity contribution in [2.45, 2.75) is 33.1 Å². The number of anilines is 1. The second kappa shape index (κ2) is 7.87. The third-order valence-electron chi connectivity index (χ3n) is 3.22. The van der Waals surface area contributed by atoms with Gasteiger partial charge in [-0.3, -0.25) is 4.79 Å². The van der Waals surface area contributed by atoms with Crippen LogP contribution in [0.15, 0.2) is 0 Å². The molecule has 1 heterocycles. The van der Waals surface area contributed by atoms with Crippen LogP contribution in [0.5, 0.6) is 0 Å². The molecule has 1 amide bonds. The van der Waals surface area contributed by atoms with Crippen molar-refractivity contribution in [3.8, 4) is 0 Å². The Morgan fingerprint density at radius 1 is 1.29 bits per heavy atom. The van der Waals surface area contributed by atoms with Crippen LogP contribution in [0.1, 0.15) is 37.1 Å². The van der Waals surface area contributed by atoms with Gasteiger partial charge in [-0.15, -0.1) is 5.10 Å². The van der Waals surface area contributed by atoms with E-state index in [1.807, 2.05) is 13.8 Å². The van der Waals surface area contributed by atoms with Crippen molar-refractivity contribution in [3.63, 3.8) is 0 Å². The number of rotatable bonds is 7. The standard InChI is InChI=1S/C14H23N5OS/c1-5-9-10(6-2)17-18-14(12(9)13(15)21)16-8-7-11(20)19(3)4/h5-8H2,1-4H3,(H2,15,21)(H,16,18). The molecule has 0 aromatic carbocycles. The highest BCUT2D eigenvalue weighted by Crippen LogP contribution is 2.20. The summed E-state index contributed by atoms with van der Waals surface area (Å²) < 4.78 is 0. The minimum Gasteiger partial charge on any atom is -0.389 e. The number of hydrogen-bond acceptors (Lipinski definition) is 5. The second-order valence-corrected chi connectivity index (χ2v) is 5.32. The summed E-state index contributed by atoms with van der Waals surface area (Å²) in [6, 6.07) is 0. The number of aromatic nitrogens is 2. The lowest BCUT2D eigenvalue weighted by Gasteiger charge is -2.16. The quantitative estimate of drug-likeness (QED) is 0.735. The topological polar surface area (TPSA) is 84.1 Å². The Hall–Kier alpha value is -1.76. The maximum atomic E-state index is 11.6. The first-order valence-electron chi connectivity index (χ1n) is 7.04. The maximum Gasteiger partial charge on any atom is 0.223 e. The van der Waals surface area contributed by atoms with E-state index in [0.717, 1.165) is 29.7 Å². The van der Waals surface area contributed by atoms with Gasteiger partial charge in [-0.05, 0) is 18.4 Å². The zero-order chi connectivity index (χ0) is 16.0. The number of thiocarbonyl (C=S) groups is 1. The highest BCUT2D eigenvalue weighted by Gasteiger charge is 2.16. The lowest BCUT2D eigenvalue weighted by Crippen LogP contribution is -2.25. The largest absolute Gasteiger partial charge is 0.389 e. The normalized spacial score (nSPS) is 10.3. The summed E-state index contributed by atoms with van der Waals surface area (Å²) in [6.45, 7) is 4.53. The predicted octanol–water partition coefficient (Wildman–Crippen LogP) is 1.13. The first-order chi connectivity index (χ1) is 9.92. The molecule has 7 heteroatoms. The van der Waals surface area contributed by atoms with Crippen LogP contribution in [0.25, 0.3) is 0 Å². The summed E-state index contributed by atoms with van der Waals surface area (Å²) in [5.41, 5.74) is 8.53. The van der Waals surface area contributed by atoms with Gasteiger partial charge in [-0.1, -0.05) is 26.1 Å². The van der Waals surface area contributed by atoms with Gasteiger partial charge >= 0.3 is 0 Å². The molecule has 1 aromatic rings. The number of carbonyl (C=O) groups is 1. The van der Waals surface area contributed by atoms with Gasteiger partial charge < -0.3 is 16.0 Å². The van der Waals surface area contributed by atoms with E-state index in [9.17, 15) is 4.79 Å². The summed E-state index contributed by atoms with van der Waals surface area (Å²) in [5.74, 6) is 0.608. The average Bonchev–Trinajstić information content (AvgIpc) is 2.45. The van der Waals surface area contributed by atoms with Crippen LogP contribution in [0, 0.1) is 0 Å². The van der Waals surface area contributed by atoms with Crippen LogP contribution in [0.4, 0.5) is 5.82 Å². The van der Waals surface area contributed by atoms with Gasteiger partial charge in [0, 0.05) is 27.1 Å². The lowest BCUT2D eigenvalue weighted by molar-refractivity contribution is -0.128. The smallest absolute Gasteiger partial charge is 0.223 e. The van der Waals surface area contributed by atoms with Crippen LogP contribution in [0.2, 0.25) is 0 Å². The molecule has 0 aliphatic rings. The summed E-state index contributed by atoms with van der Waals surface area (Å²) in [7, 11) is 3.46. The Morgan fingerprint density at radius 3 is 2.43 bits per heavy atom. The first kappa shape index (κ1) is 17.3. The fourth-order valence-electron chi connectivity index (χ4n) is 2.07. The number of hydrogen-bond donors (Lipinski definition) is 2. The van der Waals surface area contributed by atoms with E-state index in [2.05, 4.69) is 15.5 Å². The highest BCUT2D eigenvalue weighted by atomic mass is 32.1. The van der Waals surface area contributed by atoms with Crippen LogP contribution in [-0.2, 0) is 17.6 Å². The van der Waals surface area contributed by atoms with Gasteiger partial charge in [-0.25, -0.2) is 0 Å². The fourth-order valence-corrected chi connectivity index (χ4v) is 2.29. The molecule has 0 atom stereocenters. The minimum atomic E-state index is 0.0493. The van der Waals surface area contributed by atoms with E-state index in [1.54, 1.807) is 19.0 Å². The number of nitrogens with zero attached hydrogens (tertiary/aromatic N) is 3. The molecule has 0 spiro atoms. The molecule has 1 rings (SSSR count). The van der Waals surface area contributed by atoms with Crippen molar-refractivity contribution in [1.29, 1.82) is 0 Å². The molecular weight excluding hydrogens is 286 g/mol. The Balaban J connectivity index is 2.97. The molecule has 3 N–H and O–H groups in total. The molecule has 0 aliphatic carbocycles. The molecule has 0 radical (unpaired) electrons. The van der Waals surface area contributed by atoms with Gasteiger partial charge in [0.05, 0.1) is 11.3 Å². The Morgan fingerprint density at radius 2 is 1.95 bits per heavy atom. The average molecular weight is 309 g/mol. The summed E-state index contributed by atoms with van der Waals surface area (Å²) in [6.07, 6.45) is 1.95. The molecule has 0 saturated carbocycles. The van der Waals surface area contributed by atoms with Gasteiger partial charge in [0.2, 0.25) is 5.91 Å². The number of aryl methyl sites for hydroxylation is 1. The molecule has 0 unspecified atom stereocenters. The molecule has 1 aromatic heterocycles.